The summed E-state index contributed by atoms with van der Waals surface area (Å²) in [4.78, 5) is 23.3. The summed E-state index contributed by atoms with van der Waals surface area (Å²) in [6.45, 7) is 3.57. The van der Waals surface area contributed by atoms with E-state index in [1.165, 1.54) is 30.6 Å². The molecule has 2 aromatic rings. The fourth-order valence-electron chi connectivity index (χ4n) is 2.73. The fraction of sp³-hybridized carbons (Fsp3) is 0.286. The Morgan fingerprint density at radius 2 is 1.70 bits per heavy atom. The van der Waals surface area contributed by atoms with Gasteiger partial charge in [-0.1, -0.05) is 23.9 Å². The Kier molecular flexibility index (Phi) is 7.18. The number of hydrazone groups is 1. The van der Waals surface area contributed by atoms with Gasteiger partial charge in [0.25, 0.3) is 0 Å². The molecule has 158 valence electrons. The Hall–Kier alpha value is -3.20. The van der Waals surface area contributed by atoms with Crippen molar-refractivity contribution in [2.75, 3.05) is 20.3 Å². The highest BCUT2D eigenvalue weighted by molar-refractivity contribution is 8.14. The van der Waals surface area contributed by atoms with Gasteiger partial charge in [-0.3, -0.25) is 9.59 Å². The summed E-state index contributed by atoms with van der Waals surface area (Å²) in [6.07, 6.45) is 0. The molecule has 1 aliphatic heterocycles. The molecule has 1 N–H and O–H groups in total. The van der Waals surface area contributed by atoms with Gasteiger partial charge in [-0.2, -0.15) is 0 Å². The first-order valence-corrected chi connectivity index (χ1v) is 10.2. The van der Waals surface area contributed by atoms with Gasteiger partial charge in [0.2, 0.25) is 11.8 Å². The van der Waals surface area contributed by atoms with E-state index in [0.29, 0.717) is 24.1 Å². The predicted octanol–water partition coefficient (Wildman–Crippen LogP) is 3.15. The number of carbonyl (C=O) groups is 2. The van der Waals surface area contributed by atoms with Crippen molar-refractivity contribution in [2.24, 2.45) is 5.10 Å². The minimum absolute atomic E-state index is 0.216. The molecule has 2 amide bonds. The SMILES string of the molecule is COc1ccc(OCCOc2cccc([C@H]3SC(NC(C)=O)=NN3C(C)=O)c2)cc1. The van der Waals surface area contributed by atoms with Crippen molar-refractivity contribution in [3.05, 3.63) is 54.1 Å². The molecule has 2 aromatic carbocycles. The van der Waals surface area contributed by atoms with Gasteiger partial charge in [0.05, 0.1) is 7.11 Å². The summed E-state index contributed by atoms with van der Waals surface area (Å²) in [5, 5.41) is 8.20. The van der Waals surface area contributed by atoms with Crippen molar-refractivity contribution in [3.8, 4) is 17.2 Å². The molecule has 0 bridgehead atoms. The largest absolute Gasteiger partial charge is 0.497 e. The molecule has 3 rings (SSSR count). The van der Waals surface area contributed by atoms with E-state index in [2.05, 4.69) is 10.4 Å². The third kappa shape index (κ3) is 5.66. The van der Waals surface area contributed by atoms with Gasteiger partial charge >= 0.3 is 0 Å². The predicted molar refractivity (Wildman–Crippen MR) is 115 cm³/mol. The van der Waals surface area contributed by atoms with Crippen LogP contribution in [0.1, 0.15) is 24.8 Å². The van der Waals surface area contributed by atoms with E-state index in [0.717, 1.165) is 17.1 Å². The molecular formula is C21H23N3O5S. The van der Waals surface area contributed by atoms with Crippen molar-refractivity contribution in [2.45, 2.75) is 19.2 Å². The third-order valence-corrected chi connectivity index (χ3v) is 5.18. The minimum atomic E-state index is -0.372. The quantitative estimate of drug-likeness (QED) is 0.680. The van der Waals surface area contributed by atoms with Crippen molar-refractivity contribution in [1.82, 2.24) is 10.3 Å². The van der Waals surface area contributed by atoms with Crippen LogP contribution in [0.5, 0.6) is 17.2 Å². The number of methoxy groups -OCH3 is 1. The Balaban J connectivity index is 1.57. The lowest BCUT2D eigenvalue weighted by molar-refractivity contribution is -0.129. The van der Waals surface area contributed by atoms with Gasteiger partial charge in [0.1, 0.15) is 35.8 Å². The Bertz CT molecular complexity index is 932. The second-order valence-corrected chi connectivity index (χ2v) is 7.43. The van der Waals surface area contributed by atoms with Crippen LogP contribution in [0, 0.1) is 0 Å². The number of benzene rings is 2. The molecule has 0 spiro atoms. The first-order chi connectivity index (χ1) is 14.5. The zero-order valence-electron chi connectivity index (χ0n) is 17.0. The number of amides is 2. The van der Waals surface area contributed by atoms with E-state index >= 15 is 0 Å². The van der Waals surface area contributed by atoms with Crippen LogP contribution in [0.15, 0.2) is 53.6 Å². The van der Waals surface area contributed by atoms with Crippen molar-refractivity contribution < 1.29 is 23.8 Å². The number of ether oxygens (including phenoxy) is 3. The lowest BCUT2D eigenvalue weighted by Gasteiger charge is -2.19. The maximum Gasteiger partial charge on any atom is 0.241 e. The summed E-state index contributed by atoms with van der Waals surface area (Å²) in [6, 6.07) is 14.8. The highest BCUT2D eigenvalue weighted by atomic mass is 32.2. The number of rotatable bonds is 7. The van der Waals surface area contributed by atoms with Crippen molar-refractivity contribution >= 4 is 28.7 Å². The van der Waals surface area contributed by atoms with E-state index in [-0.39, 0.29) is 17.2 Å². The van der Waals surface area contributed by atoms with Gasteiger partial charge in [0.15, 0.2) is 5.17 Å². The normalized spacial score (nSPS) is 15.4. The number of thioether (sulfide) groups is 1. The standard InChI is InChI=1S/C21H23N3O5S/c1-14(25)22-21-23-24(15(2)26)20(30-21)16-5-4-6-19(13-16)29-12-11-28-18-9-7-17(27-3)8-10-18/h4-10,13,20H,11-12H2,1-3H3,(H,22,23,25)/t20-/m1/s1. The maximum atomic E-state index is 12.0. The van der Waals surface area contributed by atoms with Crippen LogP contribution in [-0.4, -0.2) is 42.3 Å². The van der Waals surface area contributed by atoms with Crippen LogP contribution in [-0.2, 0) is 9.59 Å². The number of hydrogen-bond acceptors (Lipinski definition) is 7. The molecule has 1 atom stereocenters. The summed E-state index contributed by atoms with van der Waals surface area (Å²) in [5.74, 6) is 1.70. The molecule has 0 saturated carbocycles. The highest BCUT2D eigenvalue weighted by Gasteiger charge is 2.32. The van der Waals surface area contributed by atoms with E-state index in [9.17, 15) is 9.59 Å². The van der Waals surface area contributed by atoms with Crippen LogP contribution < -0.4 is 19.5 Å². The molecule has 1 heterocycles. The zero-order chi connectivity index (χ0) is 21.5. The second-order valence-electron chi connectivity index (χ2n) is 6.37. The number of hydrogen-bond donors (Lipinski definition) is 1. The van der Waals surface area contributed by atoms with Gasteiger partial charge in [0, 0.05) is 13.8 Å². The lowest BCUT2D eigenvalue weighted by Crippen LogP contribution is -2.25. The highest BCUT2D eigenvalue weighted by Crippen LogP contribution is 2.39. The Morgan fingerprint density at radius 1 is 1.03 bits per heavy atom. The molecule has 8 nitrogen and oxygen atoms in total. The Morgan fingerprint density at radius 3 is 2.33 bits per heavy atom. The van der Waals surface area contributed by atoms with Gasteiger partial charge in [-0.15, -0.1) is 5.10 Å². The molecule has 30 heavy (non-hydrogen) atoms. The van der Waals surface area contributed by atoms with E-state index < -0.39 is 0 Å². The van der Waals surface area contributed by atoms with E-state index in [1.54, 1.807) is 7.11 Å². The maximum absolute atomic E-state index is 12.0. The first-order valence-electron chi connectivity index (χ1n) is 9.28. The fourth-order valence-corrected chi connectivity index (χ4v) is 3.86. The summed E-state index contributed by atoms with van der Waals surface area (Å²) in [5.41, 5.74) is 0.841. The molecular weight excluding hydrogens is 406 g/mol. The van der Waals surface area contributed by atoms with E-state index in [1.807, 2.05) is 48.5 Å². The molecule has 0 aromatic heterocycles. The monoisotopic (exact) mass is 429 g/mol. The molecule has 0 radical (unpaired) electrons. The summed E-state index contributed by atoms with van der Waals surface area (Å²) >= 11 is 1.30. The molecule has 0 fully saturated rings. The van der Waals surface area contributed by atoms with Crippen LogP contribution in [0.2, 0.25) is 0 Å². The Labute approximate surface area is 179 Å². The van der Waals surface area contributed by atoms with E-state index in [4.69, 9.17) is 14.2 Å². The molecule has 0 unspecified atom stereocenters. The van der Waals surface area contributed by atoms with Gasteiger partial charge < -0.3 is 19.5 Å². The van der Waals surface area contributed by atoms with Crippen molar-refractivity contribution in [3.63, 3.8) is 0 Å². The molecule has 1 aliphatic rings. The van der Waals surface area contributed by atoms with Crippen LogP contribution >= 0.6 is 11.8 Å². The number of nitrogens with one attached hydrogen (secondary N) is 1. The molecule has 9 heteroatoms. The first kappa shape index (κ1) is 21.5. The van der Waals surface area contributed by atoms with Crippen molar-refractivity contribution in [1.29, 1.82) is 0 Å². The topological polar surface area (TPSA) is 89.5 Å². The number of carbonyl (C=O) groups excluding carboxylic acids is 2. The number of amidine groups is 1. The molecule has 0 saturated heterocycles. The third-order valence-electron chi connectivity index (χ3n) is 4.07. The van der Waals surface area contributed by atoms with Gasteiger partial charge in [-0.05, 0) is 42.0 Å². The zero-order valence-corrected chi connectivity index (χ0v) is 17.8. The second kappa shape index (κ2) is 10.0. The summed E-state index contributed by atoms with van der Waals surface area (Å²) in [7, 11) is 1.62. The number of nitrogens with zero attached hydrogens (tertiary/aromatic N) is 2. The minimum Gasteiger partial charge on any atom is -0.497 e. The average molecular weight is 429 g/mol. The van der Waals surface area contributed by atoms with Gasteiger partial charge in [-0.25, -0.2) is 5.01 Å². The van der Waals surface area contributed by atoms with Crippen LogP contribution in [0.3, 0.4) is 0 Å². The van der Waals surface area contributed by atoms with Crippen LogP contribution in [0.25, 0.3) is 0 Å². The smallest absolute Gasteiger partial charge is 0.241 e. The van der Waals surface area contributed by atoms with Crippen LogP contribution in [0.4, 0.5) is 0 Å². The summed E-state index contributed by atoms with van der Waals surface area (Å²) < 4.78 is 16.6. The molecule has 0 aliphatic carbocycles. The average Bonchev–Trinajstić information content (AvgIpc) is 3.15. The lowest BCUT2D eigenvalue weighted by atomic mass is 10.2.